The highest BCUT2D eigenvalue weighted by atomic mass is 16.5. The minimum atomic E-state index is -0.221. The van der Waals surface area contributed by atoms with Crippen molar-refractivity contribution >= 4 is 17.5 Å². The molecule has 6 heteroatoms. The van der Waals surface area contributed by atoms with Gasteiger partial charge in [-0.25, -0.2) is 0 Å². The van der Waals surface area contributed by atoms with Crippen molar-refractivity contribution in [3.05, 3.63) is 54.6 Å². The number of hydrogen-bond donors (Lipinski definition) is 1. The Morgan fingerprint density at radius 1 is 1.12 bits per heavy atom. The molecule has 136 valence electrons. The zero-order valence-electron chi connectivity index (χ0n) is 14.7. The second-order valence-electron chi connectivity index (χ2n) is 6.15. The number of amides is 2. The van der Waals surface area contributed by atoms with Crippen molar-refractivity contribution in [2.24, 2.45) is 5.92 Å². The predicted octanol–water partition coefficient (Wildman–Crippen LogP) is 2.24. The first-order valence-electron chi connectivity index (χ1n) is 8.55. The fourth-order valence-electron chi connectivity index (χ4n) is 2.97. The first-order valence-corrected chi connectivity index (χ1v) is 8.55. The topological polar surface area (TPSA) is 67.9 Å². The highest BCUT2D eigenvalue weighted by Gasteiger charge is 2.30. The molecule has 1 aliphatic heterocycles. The molecular weight excluding hydrogens is 332 g/mol. The first-order chi connectivity index (χ1) is 12.7. The third-order valence-corrected chi connectivity index (χ3v) is 4.29. The molecule has 1 heterocycles. The highest BCUT2D eigenvalue weighted by Crippen LogP contribution is 2.26. The van der Waals surface area contributed by atoms with Gasteiger partial charge in [-0.1, -0.05) is 30.3 Å². The number of para-hydroxylation sites is 3. The van der Waals surface area contributed by atoms with Crippen molar-refractivity contribution in [3.8, 4) is 11.5 Å². The van der Waals surface area contributed by atoms with Gasteiger partial charge in [0.05, 0.1) is 7.11 Å². The van der Waals surface area contributed by atoms with E-state index in [-0.39, 0.29) is 24.3 Å². The zero-order chi connectivity index (χ0) is 18.4. The standard InChI is InChI=1S/C20H22N2O4/c1-25-17-9-5-6-10-18(17)26-14-19(23)21-12-15-11-20(24)22(13-15)16-7-3-2-4-8-16/h2-10,15H,11-14H2,1H3,(H,21,23). The van der Waals surface area contributed by atoms with E-state index in [0.29, 0.717) is 31.0 Å². The molecule has 1 fully saturated rings. The Labute approximate surface area is 152 Å². The molecule has 6 nitrogen and oxygen atoms in total. The predicted molar refractivity (Wildman–Crippen MR) is 98.4 cm³/mol. The van der Waals surface area contributed by atoms with Gasteiger partial charge in [0.25, 0.3) is 5.91 Å². The summed E-state index contributed by atoms with van der Waals surface area (Å²) in [4.78, 5) is 26.0. The zero-order valence-corrected chi connectivity index (χ0v) is 14.7. The lowest BCUT2D eigenvalue weighted by atomic mass is 10.1. The van der Waals surface area contributed by atoms with Crippen LogP contribution in [0.4, 0.5) is 5.69 Å². The maximum Gasteiger partial charge on any atom is 0.257 e. The number of hydrogen-bond acceptors (Lipinski definition) is 4. The maximum atomic E-state index is 12.2. The molecule has 3 rings (SSSR count). The molecule has 0 bridgehead atoms. The van der Waals surface area contributed by atoms with Gasteiger partial charge in [0.1, 0.15) is 0 Å². The van der Waals surface area contributed by atoms with Crippen LogP contribution < -0.4 is 19.7 Å². The van der Waals surface area contributed by atoms with Crippen LogP contribution in [0, 0.1) is 5.92 Å². The van der Waals surface area contributed by atoms with E-state index in [9.17, 15) is 9.59 Å². The van der Waals surface area contributed by atoms with Crippen molar-refractivity contribution in [2.75, 3.05) is 31.7 Å². The quantitative estimate of drug-likeness (QED) is 0.828. The van der Waals surface area contributed by atoms with Crippen LogP contribution in [0.1, 0.15) is 6.42 Å². The SMILES string of the molecule is COc1ccccc1OCC(=O)NCC1CC(=O)N(c2ccccc2)C1. The van der Waals surface area contributed by atoms with Crippen LogP contribution in [-0.2, 0) is 9.59 Å². The number of anilines is 1. The number of nitrogens with one attached hydrogen (secondary N) is 1. The Hall–Kier alpha value is -3.02. The lowest BCUT2D eigenvalue weighted by molar-refractivity contribution is -0.123. The van der Waals surface area contributed by atoms with E-state index in [2.05, 4.69) is 5.32 Å². The summed E-state index contributed by atoms with van der Waals surface area (Å²) in [5.41, 5.74) is 0.894. The van der Waals surface area contributed by atoms with Crippen LogP contribution in [0.5, 0.6) is 11.5 Å². The van der Waals surface area contributed by atoms with Gasteiger partial charge in [0, 0.05) is 31.1 Å². The highest BCUT2D eigenvalue weighted by molar-refractivity contribution is 5.95. The summed E-state index contributed by atoms with van der Waals surface area (Å²) in [5, 5.41) is 2.84. The van der Waals surface area contributed by atoms with E-state index in [4.69, 9.17) is 9.47 Å². The van der Waals surface area contributed by atoms with Crippen LogP contribution in [0.25, 0.3) is 0 Å². The van der Waals surface area contributed by atoms with Crippen molar-refractivity contribution in [3.63, 3.8) is 0 Å². The van der Waals surface area contributed by atoms with Gasteiger partial charge in [-0.2, -0.15) is 0 Å². The van der Waals surface area contributed by atoms with Crippen LogP contribution in [-0.4, -0.2) is 38.6 Å². The monoisotopic (exact) mass is 354 g/mol. The summed E-state index contributed by atoms with van der Waals surface area (Å²) in [6, 6.07) is 16.7. The molecule has 1 unspecified atom stereocenters. The molecule has 1 N–H and O–H groups in total. The van der Waals surface area contributed by atoms with E-state index in [1.807, 2.05) is 42.5 Å². The van der Waals surface area contributed by atoms with Crippen molar-refractivity contribution in [1.29, 1.82) is 0 Å². The molecule has 1 aliphatic rings. The molecular formula is C20H22N2O4. The van der Waals surface area contributed by atoms with Gasteiger partial charge in [-0.15, -0.1) is 0 Å². The summed E-state index contributed by atoms with van der Waals surface area (Å²) in [7, 11) is 1.55. The molecule has 0 spiro atoms. The van der Waals surface area contributed by atoms with Gasteiger partial charge >= 0.3 is 0 Å². The summed E-state index contributed by atoms with van der Waals surface area (Å²) >= 11 is 0. The molecule has 26 heavy (non-hydrogen) atoms. The number of rotatable bonds is 7. The number of carbonyl (C=O) groups excluding carboxylic acids is 2. The number of nitrogens with zero attached hydrogens (tertiary/aromatic N) is 1. The molecule has 2 amide bonds. The number of methoxy groups -OCH3 is 1. The van der Waals surface area contributed by atoms with E-state index in [1.54, 1.807) is 24.1 Å². The minimum Gasteiger partial charge on any atom is -0.493 e. The lowest BCUT2D eigenvalue weighted by Gasteiger charge is -2.17. The van der Waals surface area contributed by atoms with Gasteiger partial charge in [-0.3, -0.25) is 9.59 Å². The van der Waals surface area contributed by atoms with Gasteiger partial charge in [0.15, 0.2) is 18.1 Å². The van der Waals surface area contributed by atoms with E-state index < -0.39 is 0 Å². The largest absolute Gasteiger partial charge is 0.493 e. The number of benzene rings is 2. The third kappa shape index (κ3) is 4.33. The Kier molecular flexibility index (Phi) is 5.73. The molecule has 0 radical (unpaired) electrons. The molecule has 1 saturated heterocycles. The summed E-state index contributed by atoms with van der Waals surface area (Å²) in [5.74, 6) is 1.07. The van der Waals surface area contributed by atoms with E-state index in [1.165, 1.54) is 0 Å². The van der Waals surface area contributed by atoms with Crippen molar-refractivity contribution < 1.29 is 19.1 Å². The third-order valence-electron chi connectivity index (χ3n) is 4.29. The van der Waals surface area contributed by atoms with E-state index >= 15 is 0 Å². The minimum absolute atomic E-state index is 0.0840. The van der Waals surface area contributed by atoms with Crippen LogP contribution in [0.3, 0.4) is 0 Å². The summed E-state index contributed by atoms with van der Waals surface area (Å²) in [6.45, 7) is 0.961. The normalized spacial score (nSPS) is 16.4. The smallest absolute Gasteiger partial charge is 0.257 e. The Bertz CT molecular complexity index is 763. The molecule has 1 atom stereocenters. The second kappa shape index (κ2) is 8.38. The van der Waals surface area contributed by atoms with E-state index in [0.717, 1.165) is 5.69 Å². The molecule has 0 aromatic heterocycles. The van der Waals surface area contributed by atoms with Crippen LogP contribution >= 0.6 is 0 Å². The Balaban J connectivity index is 1.46. The summed E-state index contributed by atoms with van der Waals surface area (Å²) < 4.78 is 10.7. The van der Waals surface area contributed by atoms with Crippen molar-refractivity contribution in [1.82, 2.24) is 5.32 Å². The number of ether oxygens (including phenoxy) is 2. The maximum absolute atomic E-state index is 12.2. The van der Waals surface area contributed by atoms with Gasteiger partial charge in [0.2, 0.25) is 5.91 Å². The Morgan fingerprint density at radius 3 is 2.54 bits per heavy atom. The molecule has 2 aromatic rings. The summed E-state index contributed by atoms with van der Waals surface area (Å²) in [6.07, 6.45) is 0.433. The lowest BCUT2D eigenvalue weighted by Crippen LogP contribution is -2.34. The Morgan fingerprint density at radius 2 is 1.81 bits per heavy atom. The molecule has 2 aromatic carbocycles. The van der Waals surface area contributed by atoms with Gasteiger partial charge in [-0.05, 0) is 24.3 Å². The van der Waals surface area contributed by atoms with Gasteiger partial charge < -0.3 is 19.7 Å². The average molecular weight is 354 g/mol. The average Bonchev–Trinajstić information content (AvgIpc) is 3.06. The van der Waals surface area contributed by atoms with Crippen LogP contribution in [0.2, 0.25) is 0 Å². The molecule has 0 saturated carbocycles. The second-order valence-corrected chi connectivity index (χ2v) is 6.15. The van der Waals surface area contributed by atoms with Crippen molar-refractivity contribution in [2.45, 2.75) is 6.42 Å². The fourth-order valence-corrected chi connectivity index (χ4v) is 2.97. The molecule has 0 aliphatic carbocycles. The fraction of sp³-hybridized carbons (Fsp3) is 0.300. The van der Waals surface area contributed by atoms with Crippen LogP contribution in [0.15, 0.2) is 54.6 Å². The number of carbonyl (C=O) groups is 2. The first kappa shape index (κ1) is 17.8.